The Labute approximate surface area is 550 Å². The number of nitrogens with two attached hydrogens (primary N) is 3. The maximum absolute atomic E-state index is 14.5. The third-order valence-electron chi connectivity index (χ3n) is 15.9. The minimum Gasteiger partial charge on any atom is -0.508 e. The van der Waals surface area contributed by atoms with Gasteiger partial charge in [-0.2, -0.15) is 25.3 Å². The van der Waals surface area contributed by atoms with Gasteiger partial charge in [0, 0.05) is 44.0 Å². The molecule has 2 saturated heterocycles. The number of nitrogens with zero attached hydrogens (tertiary/aromatic N) is 3. The number of carbonyl (C=O) groups excluding carboxylic acids is 11. The number of phenolic OH excluding ortho intramolecular Hbond substituents is 1. The summed E-state index contributed by atoms with van der Waals surface area (Å²) in [6.07, 6.45) is -1.41. The van der Waals surface area contributed by atoms with Crippen LogP contribution in [0.1, 0.15) is 97.6 Å². The quantitative estimate of drug-likeness (QED) is 0.0134. The van der Waals surface area contributed by atoms with Gasteiger partial charge in [0.1, 0.15) is 78.3 Å². The average Bonchev–Trinajstić information content (AvgIpc) is 1.98. The number of thiol groups is 2. The molecule has 0 aliphatic carbocycles. The topological polar surface area (TPSA) is 491 Å². The molecular weight excluding hydrogens is 1250 g/mol. The number of phenols is 1. The van der Waals surface area contributed by atoms with Gasteiger partial charge in [0.15, 0.2) is 5.96 Å². The number of amides is 11. The van der Waals surface area contributed by atoms with Crippen molar-refractivity contribution in [2.24, 2.45) is 28.1 Å². The maximum Gasteiger partial charge on any atom is 0.326 e. The number of benzene rings is 2. The summed E-state index contributed by atoms with van der Waals surface area (Å²) in [7, 11) is 0. The highest BCUT2D eigenvalue weighted by Crippen LogP contribution is 2.22. The number of guanidine groups is 1. The summed E-state index contributed by atoms with van der Waals surface area (Å²) in [5.41, 5.74) is 17.6. The van der Waals surface area contributed by atoms with E-state index in [0.29, 0.717) is 30.4 Å². The Morgan fingerprint density at radius 1 is 0.559 bits per heavy atom. The second kappa shape index (κ2) is 37.4. The SMILES string of the molecule is CCC(C)C(NC(=O)C(Cc1ccc(O)cc1)NC(=O)C(C)NC(=O)C(Cc1ccccc1)NC(=O)C(CS)NC(=O)C(CS)NC(=O)C1CCCN1C(=O)C(NC(=O)C(N)C(C)O)C(C)O)C(=O)NC(C)C(=O)NC(CCCN=C(N)N)C(=O)N1CCCC1C(=O)O. The predicted molar refractivity (Wildman–Crippen MR) is 346 cm³/mol. The molecule has 33 heteroatoms. The number of nitrogens with one attached hydrogen (secondary N) is 9. The minimum absolute atomic E-state index is 0.0134. The highest BCUT2D eigenvalue weighted by atomic mass is 32.1. The minimum atomic E-state index is -1.54. The largest absolute Gasteiger partial charge is 0.508 e. The third kappa shape index (κ3) is 23.4. The number of aliphatic imine (C=N–C) groups is 1. The number of hydrogen-bond donors (Lipinski definition) is 18. The van der Waals surface area contributed by atoms with Crippen molar-refractivity contribution < 1.29 is 78.0 Å². The fraction of sp³-hybridized carbons (Fsp3) is 0.583. The number of hydrogen-bond acceptors (Lipinski definition) is 19. The molecule has 0 aromatic heterocycles. The van der Waals surface area contributed by atoms with Crippen LogP contribution >= 0.6 is 25.3 Å². The van der Waals surface area contributed by atoms with E-state index in [4.69, 9.17) is 17.2 Å². The molecule has 514 valence electrons. The molecule has 11 amide bonds. The van der Waals surface area contributed by atoms with Crippen LogP contribution in [0.2, 0.25) is 0 Å². The van der Waals surface area contributed by atoms with Crippen LogP contribution in [0.4, 0.5) is 0 Å². The Hall–Kier alpha value is -8.27. The molecule has 2 fully saturated rings. The van der Waals surface area contributed by atoms with Crippen LogP contribution < -0.4 is 65.1 Å². The molecule has 15 unspecified atom stereocenters. The summed E-state index contributed by atoms with van der Waals surface area (Å²) < 4.78 is 0. The molecule has 2 heterocycles. The molecule has 2 aromatic rings. The smallest absolute Gasteiger partial charge is 0.326 e. The van der Waals surface area contributed by atoms with Crippen molar-refractivity contribution >= 4 is 102 Å². The lowest BCUT2D eigenvalue weighted by molar-refractivity contribution is -0.149. The summed E-state index contributed by atoms with van der Waals surface area (Å²) >= 11 is 8.53. The predicted octanol–water partition coefficient (Wildman–Crippen LogP) is -4.30. The number of aliphatic hydroxyl groups is 2. The van der Waals surface area contributed by atoms with Gasteiger partial charge in [-0.15, -0.1) is 0 Å². The zero-order valence-electron chi connectivity index (χ0n) is 52.9. The first-order valence-corrected chi connectivity index (χ1v) is 32.0. The van der Waals surface area contributed by atoms with E-state index in [1.165, 1.54) is 56.9 Å². The van der Waals surface area contributed by atoms with Crippen molar-refractivity contribution in [3.05, 3.63) is 65.7 Å². The van der Waals surface area contributed by atoms with Gasteiger partial charge in [-0.3, -0.25) is 57.7 Å². The van der Waals surface area contributed by atoms with Crippen molar-refractivity contribution in [3.8, 4) is 5.75 Å². The molecule has 0 saturated carbocycles. The number of rotatable bonds is 35. The zero-order valence-corrected chi connectivity index (χ0v) is 54.7. The van der Waals surface area contributed by atoms with Gasteiger partial charge in [0.05, 0.1) is 12.2 Å². The lowest BCUT2D eigenvalue weighted by Gasteiger charge is -2.31. The van der Waals surface area contributed by atoms with E-state index in [9.17, 15) is 78.0 Å². The molecule has 19 N–H and O–H groups in total. The van der Waals surface area contributed by atoms with Crippen LogP contribution in [-0.4, -0.2) is 223 Å². The standard InChI is InChI=1S/C60H91N15O16S2/c1-7-30(2)46(56(87)66-32(4)48(79)67-38(16-11-23-64-60(62)63)57(88)75-25-13-18-44(75)59(90)91)72-51(82)40(27-36-19-21-37(78)22-20-36)68-49(80)31(3)65-50(81)39(26-35-14-9-8-10-15-35)69-52(83)41(28-92)70-53(84)42(29-93)71-54(85)43-17-12-24-74(43)58(89)47(34(6)77)73-55(86)45(61)33(5)76/h8-10,14-15,19-22,30-34,38-47,76-78,92-93H,7,11-13,16-18,23-29,61H2,1-6H3,(H,65,81)(H,66,87)(H,67,79)(H,68,80)(H,69,83)(H,70,84)(H,71,85)(H,72,82)(H,73,86)(H,90,91)(H4,62,63,64). The average molecular weight is 1340 g/mol. The molecule has 2 aromatic carbocycles. The van der Waals surface area contributed by atoms with Crippen LogP contribution in [0.3, 0.4) is 0 Å². The summed E-state index contributed by atoms with van der Waals surface area (Å²) in [5.74, 6) is -12.0. The van der Waals surface area contributed by atoms with Crippen LogP contribution in [0.5, 0.6) is 5.75 Å². The van der Waals surface area contributed by atoms with Gasteiger partial charge >= 0.3 is 5.97 Å². The second-order valence-corrected chi connectivity index (χ2v) is 24.0. The molecule has 2 aliphatic rings. The van der Waals surface area contributed by atoms with Crippen LogP contribution in [-0.2, 0) is 70.4 Å². The molecule has 0 spiro atoms. The monoisotopic (exact) mass is 1340 g/mol. The summed E-state index contributed by atoms with van der Waals surface area (Å²) in [6, 6.07) is -2.10. The first-order chi connectivity index (χ1) is 43.9. The lowest BCUT2D eigenvalue weighted by atomic mass is 9.96. The van der Waals surface area contributed by atoms with Gasteiger partial charge in [0.25, 0.3) is 0 Å². The van der Waals surface area contributed by atoms with E-state index in [2.05, 4.69) is 78.1 Å². The highest BCUT2D eigenvalue weighted by Gasteiger charge is 2.43. The lowest BCUT2D eigenvalue weighted by Crippen LogP contribution is -2.62. The Morgan fingerprint density at radius 3 is 1.54 bits per heavy atom. The second-order valence-electron chi connectivity index (χ2n) is 23.2. The van der Waals surface area contributed by atoms with E-state index < -0.39 is 162 Å². The molecule has 31 nitrogen and oxygen atoms in total. The van der Waals surface area contributed by atoms with Crippen molar-refractivity contribution in [2.45, 2.75) is 184 Å². The van der Waals surface area contributed by atoms with E-state index in [-0.39, 0.29) is 81.4 Å². The third-order valence-corrected chi connectivity index (χ3v) is 16.7. The van der Waals surface area contributed by atoms with Gasteiger partial charge in [0.2, 0.25) is 65.0 Å². The fourth-order valence-corrected chi connectivity index (χ4v) is 10.7. The van der Waals surface area contributed by atoms with Gasteiger partial charge in [-0.25, -0.2) is 4.79 Å². The van der Waals surface area contributed by atoms with Crippen LogP contribution in [0.15, 0.2) is 59.6 Å². The number of aromatic hydroxyl groups is 1. The van der Waals surface area contributed by atoms with Crippen molar-refractivity contribution in [1.29, 1.82) is 0 Å². The van der Waals surface area contributed by atoms with E-state index >= 15 is 0 Å². The first kappa shape index (κ1) is 77.2. The molecule has 2 aliphatic heterocycles. The number of aliphatic hydroxyl groups excluding tert-OH is 2. The van der Waals surface area contributed by atoms with Crippen LogP contribution in [0.25, 0.3) is 0 Å². The van der Waals surface area contributed by atoms with E-state index in [0.717, 1.165) is 4.90 Å². The van der Waals surface area contributed by atoms with Crippen LogP contribution in [0, 0.1) is 5.92 Å². The summed E-state index contributed by atoms with van der Waals surface area (Å²) in [4.78, 5) is 171. The summed E-state index contributed by atoms with van der Waals surface area (Å²) in [6.45, 7) is 8.87. The van der Waals surface area contributed by atoms with E-state index in [1.807, 2.05) is 0 Å². The number of likely N-dealkylation sites (tertiary alicyclic amines) is 2. The normalized spacial score (nSPS) is 18.7. The zero-order chi connectivity index (χ0) is 69.4. The number of carbonyl (C=O) groups is 12. The Balaban J connectivity index is 1.49. The molecule has 15 atom stereocenters. The van der Waals surface area contributed by atoms with Crippen molar-refractivity contribution in [2.75, 3.05) is 31.1 Å². The molecule has 93 heavy (non-hydrogen) atoms. The Bertz CT molecular complexity index is 2960. The van der Waals surface area contributed by atoms with Gasteiger partial charge in [-0.1, -0.05) is 62.7 Å². The fourth-order valence-electron chi connectivity index (χ4n) is 10.2. The Morgan fingerprint density at radius 2 is 1.02 bits per heavy atom. The molecular formula is C60H91N15O16S2. The number of carboxylic acid groups (broad SMARTS) is 1. The summed E-state index contributed by atoms with van der Waals surface area (Å²) in [5, 5.41) is 63.2. The first-order valence-electron chi connectivity index (χ1n) is 30.7. The molecule has 0 bridgehead atoms. The Kier molecular flexibility index (Phi) is 31.1. The number of carboxylic acids is 1. The molecule has 0 radical (unpaired) electrons. The molecule has 4 rings (SSSR count). The van der Waals surface area contributed by atoms with E-state index in [1.54, 1.807) is 44.2 Å². The van der Waals surface area contributed by atoms with Gasteiger partial charge in [-0.05, 0) is 95.4 Å². The van der Waals surface area contributed by atoms with Crippen molar-refractivity contribution in [3.63, 3.8) is 0 Å². The van der Waals surface area contributed by atoms with Gasteiger partial charge < -0.3 is 95.3 Å². The maximum atomic E-state index is 14.5. The highest BCUT2D eigenvalue weighted by molar-refractivity contribution is 7.80. The van der Waals surface area contributed by atoms with Crippen molar-refractivity contribution in [1.82, 2.24) is 57.7 Å². The number of aliphatic carboxylic acids is 1.